The van der Waals surface area contributed by atoms with Gasteiger partial charge in [-0.2, -0.15) is 0 Å². The molecule has 106 valence electrons. The van der Waals surface area contributed by atoms with Crippen LogP contribution < -0.4 is 5.32 Å². The van der Waals surface area contributed by atoms with Gasteiger partial charge in [-0.3, -0.25) is 4.79 Å². The quantitative estimate of drug-likeness (QED) is 0.845. The van der Waals surface area contributed by atoms with Crippen LogP contribution >= 0.6 is 12.4 Å². The Morgan fingerprint density at radius 1 is 1.44 bits per heavy atom. The van der Waals surface area contributed by atoms with Gasteiger partial charge in [0, 0.05) is 26.6 Å². The van der Waals surface area contributed by atoms with Crippen molar-refractivity contribution in [1.29, 1.82) is 0 Å². The van der Waals surface area contributed by atoms with Crippen molar-refractivity contribution in [2.24, 2.45) is 5.92 Å². The largest absolute Gasteiger partial charge is 0.380 e. The number of likely N-dealkylation sites (tertiary alicyclic amines) is 1. The molecule has 0 aromatic rings. The van der Waals surface area contributed by atoms with E-state index in [4.69, 9.17) is 4.74 Å². The summed E-state index contributed by atoms with van der Waals surface area (Å²) in [5, 5.41) is 3.35. The van der Waals surface area contributed by atoms with Crippen molar-refractivity contribution in [3.8, 4) is 0 Å². The minimum atomic E-state index is 0. The molecule has 0 aromatic carbocycles. The van der Waals surface area contributed by atoms with Crippen LogP contribution in [0.5, 0.6) is 0 Å². The number of amides is 1. The minimum absolute atomic E-state index is 0. The van der Waals surface area contributed by atoms with E-state index in [1.165, 1.54) is 6.42 Å². The molecule has 2 saturated heterocycles. The van der Waals surface area contributed by atoms with E-state index in [9.17, 15) is 4.79 Å². The number of hydrogen-bond donors (Lipinski definition) is 1. The molecule has 0 spiro atoms. The smallest absolute Gasteiger partial charge is 0.222 e. The molecule has 18 heavy (non-hydrogen) atoms. The first-order valence-electron chi connectivity index (χ1n) is 6.81. The van der Waals surface area contributed by atoms with Gasteiger partial charge >= 0.3 is 0 Å². The molecule has 0 aliphatic carbocycles. The highest BCUT2D eigenvalue weighted by atomic mass is 35.5. The zero-order valence-corrected chi connectivity index (χ0v) is 12.0. The number of nitrogens with zero attached hydrogens (tertiary/aromatic N) is 1. The Balaban J connectivity index is 0.00000162. The van der Waals surface area contributed by atoms with Gasteiger partial charge in [-0.1, -0.05) is 0 Å². The summed E-state index contributed by atoms with van der Waals surface area (Å²) in [6.45, 7) is 3.92. The molecule has 2 fully saturated rings. The van der Waals surface area contributed by atoms with Crippen LogP contribution in [-0.2, 0) is 9.53 Å². The third kappa shape index (κ3) is 4.41. The van der Waals surface area contributed by atoms with Crippen molar-refractivity contribution in [1.82, 2.24) is 10.2 Å². The molecule has 2 unspecified atom stereocenters. The van der Waals surface area contributed by atoms with Gasteiger partial charge in [0.25, 0.3) is 0 Å². The summed E-state index contributed by atoms with van der Waals surface area (Å²) in [5.74, 6) is 1.03. The van der Waals surface area contributed by atoms with Gasteiger partial charge in [0.15, 0.2) is 0 Å². The topological polar surface area (TPSA) is 41.6 Å². The molecule has 2 aliphatic heterocycles. The van der Waals surface area contributed by atoms with Crippen LogP contribution in [0.4, 0.5) is 0 Å². The Morgan fingerprint density at radius 3 is 2.94 bits per heavy atom. The molecule has 0 saturated carbocycles. The molecular formula is C13H25ClN2O2. The van der Waals surface area contributed by atoms with E-state index in [2.05, 4.69) is 5.32 Å². The number of carbonyl (C=O) groups excluding carboxylic acids is 1. The van der Waals surface area contributed by atoms with Crippen LogP contribution in [0.3, 0.4) is 0 Å². The van der Waals surface area contributed by atoms with Gasteiger partial charge in [0.05, 0.1) is 6.10 Å². The number of carbonyl (C=O) groups is 1. The summed E-state index contributed by atoms with van der Waals surface area (Å²) < 4.78 is 5.35. The van der Waals surface area contributed by atoms with E-state index in [0.29, 0.717) is 18.2 Å². The molecule has 4 nitrogen and oxygen atoms in total. The molecule has 2 atom stereocenters. The van der Waals surface area contributed by atoms with Gasteiger partial charge < -0.3 is 15.0 Å². The highest BCUT2D eigenvalue weighted by Gasteiger charge is 2.24. The molecule has 0 radical (unpaired) electrons. The van der Waals surface area contributed by atoms with Gasteiger partial charge in [0.2, 0.25) is 5.91 Å². The van der Waals surface area contributed by atoms with Gasteiger partial charge in [-0.15, -0.1) is 12.4 Å². The van der Waals surface area contributed by atoms with Crippen LogP contribution in [0.25, 0.3) is 0 Å². The average molecular weight is 277 g/mol. The van der Waals surface area contributed by atoms with E-state index >= 15 is 0 Å². The number of piperidine rings is 1. The Bertz CT molecular complexity index is 257. The van der Waals surface area contributed by atoms with Gasteiger partial charge in [0.1, 0.15) is 0 Å². The first-order valence-corrected chi connectivity index (χ1v) is 6.81. The second-order valence-corrected chi connectivity index (χ2v) is 5.24. The van der Waals surface area contributed by atoms with E-state index in [0.717, 1.165) is 45.4 Å². The van der Waals surface area contributed by atoms with Crippen molar-refractivity contribution in [2.75, 3.05) is 33.3 Å². The monoisotopic (exact) mass is 276 g/mol. The number of halogens is 1. The highest BCUT2D eigenvalue weighted by Crippen LogP contribution is 2.18. The molecule has 0 aromatic heterocycles. The lowest BCUT2D eigenvalue weighted by Crippen LogP contribution is -2.42. The summed E-state index contributed by atoms with van der Waals surface area (Å²) >= 11 is 0. The maximum Gasteiger partial charge on any atom is 0.222 e. The molecule has 1 amide bonds. The lowest BCUT2D eigenvalue weighted by molar-refractivity contribution is -0.135. The van der Waals surface area contributed by atoms with Crippen molar-refractivity contribution < 1.29 is 9.53 Å². The average Bonchev–Trinajstić information content (AvgIpc) is 2.89. The maximum absolute atomic E-state index is 12.1. The van der Waals surface area contributed by atoms with Gasteiger partial charge in [-0.05, 0) is 44.7 Å². The SMILES string of the molecule is COC1CCCN(C(=O)CCC2CCNC2)C1.Cl. The van der Waals surface area contributed by atoms with Crippen LogP contribution in [0.15, 0.2) is 0 Å². The first kappa shape index (κ1) is 15.7. The molecule has 0 bridgehead atoms. The Morgan fingerprint density at radius 2 is 2.28 bits per heavy atom. The third-order valence-electron chi connectivity index (χ3n) is 3.99. The molecule has 2 heterocycles. The number of methoxy groups -OCH3 is 1. The number of ether oxygens (including phenoxy) is 1. The predicted molar refractivity (Wildman–Crippen MR) is 74.1 cm³/mol. The standard InChI is InChI=1S/C13H24N2O2.ClH/c1-17-12-3-2-8-15(10-12)13(16)5-4-11-6-7-14-9-11;/h11-12,14H,2-10H2,1H3;1H. The predicted octanol–water partition coefficient (Wildman–Crippen LogP) is 1.44. The Kier molecular flexibility index (Phi) is 6.97. The molecule has 5 heteroatoms. The first-order chi connectivity index (χ1) is 8.29. The Labute approximate surface area is 116 Å². The number of rotatable bonds is 4. The van der Waals surface area contributed by atoms with Crippen molar-refractivity contribution in [3.63, 3.8) is 0 Å². The van der Waals surface area contributed by atoms with E-state index < -0.39 is 0 Å². The van der Waals surface area contributed by atoms with Crippen molar-refractivity contribution >= 4 is 18.3 Å². The van der Waals surface area contributed by atoms with Crippen LogP contribution in [0.1, 0.15) is 32.1 Å². The van der Waals surface area contributed by atoms with Crippen LogP contribution in [0, 0.1) is 5.92 Å². The molecule has 1 N–H and O–H groups in total. The summed E-state index contributed by atoms with van der Waals surface area (Å²) in [6.07, 6.45) is 5.40. The zero-order chi connectivity index (χ0) is 12.1. The normalized spacial score (nSPS) is 27.9. The fourth-order valence-electron chi connectivity index (χ4n) is 2.80. The summed E-state index contributed by atoms with van der Waals surface area (Å²) in [5.41, 5.74) is 0. The van der Waals surface area contributed by atoms with E-state index in [1.807, 2.05) is 4.90 Å². The van der Waals surface area contributed by atoms with E-state index in [-0.39, 0.29) is 18.5 Å². The highest BCUT2D eigenvalue weighted by molar-refractivity contribution is 5.85. The lowest BCUT2D eigenvalue weighted by Gasteiger charge is -2.32. The van der Waals surface area contributed by atoms with Crippen LogP contribution in [0.2, 0.25) is 0 Å². The second kappa shape index (κ2) is 7.97. The summed E-state index contributed by atoms with van der Waals surface area (Å²) in [4.78, 5) is 14.1. The zero-order valence-electron chi connectivity index (χ0n) is 11.2. The van der Waals surface area contributed by atoms with Crippen LogP contribution in [-0.4, -0.2) is 50.2 Å². The van der Waals surface area contributed by atoms with E-state index in [1.54, 1.807) is 7.11 Å². The fourth-order valence-corrected chi connectivity index (χ4v) is 2.80. The number of hydrogen-bond acceptors (Lipinski definition) is 3. The lowest BCUT2D eigenvalue weighted by atomic mass is 10.0. The minimum Gasteiger partial charge on any atom is -0.380 e. The van der Waals surface area contributed by atoms with Gasteiger partial charge in [-0.25, -0.2) is 0 Å². The molecular weight excluding hydrogens is 252 g/mol. The third-order valence-corrected chi connectivity index (χ3v) is 3.99. The fraction of sp³-hybridized carbons (Fsp3) is 0.923. The summed E-state index contributed by atoms with van der Waals surface area (Å²) in [7, 11) is 1.74. The van der Waals surface area contributed by atoms with Crippen molar-refractivity contribution in [3.05, 3.63) is 0 Å². The maximum atomic E-state index is 12.1. The number of nitrogens with one attached hydrogen (secondary N) is 1. The summed E-state index contributed by atoms with van der Waals surface area (Å²) in [6, 6.07) is 0. The molecule has 2 aliphatic rings. The molecule has 2 rings (SSSR count). The Hall–Kier alpha value is -0.320. The second-order valence-electron chi connectivity index (χ2n) is 5.24. The van der Waals surface area contributed by atoms with Crippen molar-refractivity contribution in [2.45, 2.75) is 38.2 Å².